The van der Waals surface area contributed by atoms with Crippen molar-refractivity contribution in [1.29, 1.82) is 0 Å². The molecule has 1 atom stereocenters. The van der Waals surface area contributed by atoms with Gasteiger partial charge in [-0.2, -0.15) is 13.2 Å². The number of benzene rings is 1. The minimum Gasteiger partial charge on any atom is -0.494 e. The second-order valence-electron chi connectivity index (χ2n) is 5.95. The molecule has 1 aromatic rings. The van der Waals surface area contributed by atoms with E-state index in [9.17, 15) is 17.6 Å². The zero-order chi connectivity index (χ0) is 17.0. The van der Waals surface area contributed by atoms with E-state index >= 15 is 0 Å². The van der Waals surface area contributed by atoms with Crippen LogP contribution >= 0.6 is 0 Å². The minimum absolute atomic E-state index is 0.0745. The SMILES string of the molecule is COc1ccc(C(C)NC2CCN(CC(F)(F)F)CC2)cc1F. The molecule has 0 bridgehead atoms. The number of alkyl halides is 3. The summed E-state index contributed by atoms with van der Waals surface area (Å²) < 4.78 is 55.7. The van der Waals surface area contributed by atoms with E-state index < -0.39 is 18.5 Å². The molecule has 0 amide bonds. The van der Waals surface area contributed by atoms with Gasteiger partial charge in [0.1, 0.15) is 0 Å². The van der Waals surface area contributed by atoms with Crippen molar-refractivity contribution >= 4 is 0 Å². The molecule has 1 unspecified atom stereocenters. The van der Waals surface area contributed by atoms with E-state index in [0.717, 1.165) is 5.56 Å². The first-order valence-corrected chi connectivity index (χ1v) is 7.67. The summed E-state index contributed by atoms with van der Waals surface area (Å²) in [4.78, 5) is 1.43. The van der Waals surface area contributed by atoms with Gasteiger partial charge in [0.2, 0.25) is 0 Å². The molecule has 0 radical (unpaired) electrons. The highest BCUT2D eigenvalue weighted by atomic mass is 19.4. The van der Waals surface area contributed by atoms with E-state index in [1.54, 1.807) is 12.1 Å². The third-order valence-corrected chi connectivity index (χ3v) is 4.15. The summed E-state index contributed by atoms with van der Waals surface area (Å²) >= 11 is 0. The lowest BCUT2D eigenvalue weighted by atomic mass is 10.0. The summed E-state index contributed by atoms with van der Waals surface area (Å²) in [5.41, 5.74) is 0.793. The molecule has 0 aliphatic carbocycles. The van der Waals surface area contributed by atoms with Crippen molar-refractivity contribution in [2.24, 2.45) is 0 Å². The third-order valence-electron chi connectivity index (χ3n) is 4.15. The Kier molecular flexibility index (Phi) is 5.86. The molecule has 7 heteroatoms. The van der Waals surface area contributed by atoms with Gasteiger partial charge in [0.15, 0.2) is 11.6 Å². The molecule has 0 saturated carbocycles. The van der Waals surface area contributed by atoms with Crippen LogP contribution < -0.4 is 10.1 Å². The Hall–Kier alpha value is -1.34. The van der Waals surface area contributed by atoms with Crippen LogP contribution in [0.25, 0.3) is 0 Å². The lowest BCUT2D eigenvalue weighted by Gasteiger charge is -2.34. The minimum atomic E-state index is -4.14. The van der Waals surface area contributed by atoms with E-state index in [1.165, 1.54) is 18.1 Å². The molecule has 23 heavy (non-hydrogen) atoms. The Labute approximate surface area is 133 Å². The van der Waals surface area contributed by atoms with Crippen LogP contribution in [0, 0.1) is 5.82 Å². The van der Waals surface area contributed by atoms with E-state index in [0.29, 0.717) is 25.9 Å². The zero-order valence-corrected chi connectivity index (χ0v) is 13.3. The van der Waals surface area contributed by atoms with E-state index in [4.69, 9.17) is 4.74 Å². The van der Waals surface area contributed by atoms with Crippen molar-refractivity contribution in [3.05, 3.63) is 29.6 Å². The highest BCUT2D eigenvalue weighted by molar-refractivity contribution is 5.30. The van der Waals surface area contributed by atoms with Gasteiger partial charge < -0.3 is 10.1 Å². The number of hydrogen-bond acceptors (Lipinski definition) is 3. The smallest absolute Gasteiger partial charge is 0.401 e. The predicted molar refractivity (Wildman–Crippen MR) is 80.0 cm³/mol. The van der Waals surface area contributed by atoms with Crippen LogP contribution in [0.15, 0.2) is 18.2 Å². The number of hydrogen-bond donors (Lipinski definition) is 1. The number of halogens is 4. The van der Waals surface area contributed by atoms with E-state index in [2.05, 4.69) is 5.32 Å². The van der Waals surface area contributed by atoms with Gasteiger partial charge in [-0.1, -0.05) is 6.07 Å². The Balaban J connectivity index is 1.85. The largest absolute Gasteiger partial charge is 0.494 e. The monoisotopic (exact) mass is 334 g/mol. The predicted octanol–water partition coefficient (Wildman–Crippen LogP) is 3.51. The first-order valence-electron chi connectivity index (χ1n) is 7.67. The van der Waals surface area contributed by atoms with Gasteiger partial charge in [-0.3, -0.25) is 4.90 Å². The first kappa shape index (κ1) is 18.0. The molecule has 0 aromatic heterocycles. The highest BCUT2D eigenvalue weighted by Gasteiger charge is 2.32. The van der Waals surface area contributed by atoms with Gasteiger partial charge in [-0.15, -0.1) is 0 Å². The molecule has 0 spiro atoms. The fourth-order valence-corrected chi connectivity index (χ4v) is 2.91. The average molecular weight is 334 g/mol. The number of likely N-dealkylation sites (tertiary alicyclic amines) is 1. The molecule has 1 saturated heterocycles. The summed E-state index contributed by atoms with van der Waals surface area (Å²) in [6.45, 7) is 1.91. The number of methoxy groups -OCH3 is 1. The summed E-state index contributed by atoms with van der Waals surface area (Å²) in [5, 5.41) is 3.37. The van der Waals surface area contributed by atoms with Crippen molar-refractivity contribution in [3.63, 3.8) is 0 Å². The molecule has 1 aliphatic rings. The molecule has 1 heterocycles. The average Bonchev–Trinajstić information content (AvgIpc) is 2.47. The normalized spacial score (nSPS) is 18.9. The molecule has 1 aromatic carbocycles. The fraction of sp³-hybridized carbons (Fsp3) is 0.625. The van der Waals surface area contributed by atoms with Crippen LogP contribution in [-0.4, -0.2) is 43.9 Å². The van der Waals surface area contributed by atoms with Crippen molar-refractivity contribution < 1.29 is 22.3 Å². The van der Waals surface area contributed by atoms with Crippen LogP contribution in [0.1, 0.15) is 31.4 Å². The van der Waals surface area contributed by atoms with Crippen LogP contribution in [0.5, 0.6) is 5.75 Å². The third kappa shape index (κ3) is 5.35. The van der Waals surface area contributed by atoms with Gasteiger partial charge in [-0.05, 0) is 50.6 Å². The van der Waals surface area contributed by atoms with Crippen LogP contribution in [0.2, 0.25) is 0 Å². The number of nitrogens with zero attached hydrogens (tertiary/aromatic N) is 1. The maximum atomic E-state index is 13.7. The molecule has 130 valence electrons. The Morgan fingerprint density at radius 1 is 1.30 bits per heavy atom. The first-order chi connectivity index (χ1) is 10.8. The fourth-order valence-electron chi connectivity index (χ4n) is 2.91. The maximum Gasteiger partial charge on any atom is 0.401 e. The van der Waals surface area contributed by atoms with E-state index in [-0.39, 0.29) is 17.8 Å². The summed E-state index contributed by atoms with van der Waals surface area (Å²) in [5.74, 6) is -0.222. The number of ether oxygens (including phenoxy) is 1. The van der Waals surface area contributed by atoms with Crippen LogP contribution in [0.4, 0.5) is 17.6 Å². The van der Waals surface area contributed by atoms with Gasteiger partial charge >= 0.3 is 6.18 Å². The van der Waals surface area contributed by atoms with E-state index in [1.807, 2.05) is 6.92 Å². The van der Waals surface area contributed by atoms with Gasteiger partial charge in [0, 0.05) is 12.1 Å². The zero-order valence-electron chi connectivity index (χ0n) is 13.3. The van der Waals surface area contributed by atoms with Gasteiger partial charge in [0.05, 0.1) is 13.7 Å². The Morgan fingerprint density at radius 2 is 1.96 bits per heavy atom. The van der Waals surface area contributed by atoms with Gasteiger partial charge in [-0.25, -0.2) is 4.39 Å². The lowest BCUT2D eigenvalue weighted by molar-refractivity contribution is -0.148. The molecular formula is C16H22F4N2O. The second kappa shape index (κ2) is 7.49. The standard InChI is InChI=1S/C16H22F4N2O/c1-11(12-3-4-15(23-2)14(17)9-12)21-13-5-7-22(8-6-13)10-16(18,19)20/h3-4,9,11,13,21H,5-8,10H2,1-2H3. The quantitative estimate of drug-likeness (QED) is 0.834. The topological polar surface area (TPSA) is 24.5 Å². The van der Waals surface area contributed by atoms with Crippen molar-refractivity contribution in [3.8, 4) is 5.75 Å². The molecule has 3 nitrogen and oxygen atoms in total. The molecule has 1 fully saturated rings. The second-order valence-corrected chi connectivity index (χ2v) is 5.95. The molecule has 2 rings (SSSR count). The van der Waals surface area contributed by atoms with Gasteiger partial charge in [0.25, 0.3) is 0 Å². The van der Waals surface area contributed by atoms with Crippen LogP contribution in [0.3, 0.4) is 0 Å². The molecular weight excluding hydrogens is 312 g/mol. The number of nitrogens with one attached hydrogen (secondary N) is 1. The van der Waals surface area contributed by atoms with Crippen LogP contribution in [-0.2, 0) is 0 Å². The maximum absolute atomic E-state index is 13.7. The Bertz CT molecular complexity index is 513. The molecule has 1 aliphatic heterocycles. The lowest BCUT2D eigenvalue weighted by Crippen LogP contribution is -2.46. The Morgan fingerprint density at radius 3 is 2.48 bits per heavy atom. The highest BCUT2D eigenvalue weighted by Crippen LogP contribution is 2.24. The number of piperidine rings is 1. The number of rotatable bonds is 5. The van der Waals surface area contributed by atoms with Crippen molar-refractivity contribution in [1.82, 2.24) is 10.2 Å². The summed E-state index contributed by atoms with van der Waals surface area (Å²) in [6.07, 6.45) is -2.84. The summed E-state index contributed by atoms with van der Waals surface area (Å²) in [7, 11) is 1.41. The van der Waals surface area contributed by atoms with Crippen molar-refractivity contribution in [2.75, 3.05) is 26.7 Å². The molecule has 1 N–H and O–H groups in total. The van der Waals surface area contributed by atoms with Crippen molar-refractivity contribution in [2.45, 2.75) is 38.0 Å². The summed E-state index contributed by atoms with van der Waals surface area (Å²) in [6, 6.07) is 4.86.